The summed E-state index contributed by atoms with van der Waals surface area (Å²) in [6, 6.07) is 11.9. The molecule has 0 atom stereocenters. The van der Waals surface area contributed by atoms with E-state index in [4.69, 9.17) is 18.9 Å². The third-order valence-electron chi connectivity index (χ3n) is 4.72. The summed E-state index contributed by atoms with van der Waals surface area (Å²) >= 11 is 1.78. The summed E-state index contributed by atoms with van der Waals surface area (Å²) in [5, 5.41) is 6.81. The number of nitrogens with one attached hydrogen (secondary N) is 2. The molecule has 0 saturated heterocycles. The molecule has 0 bridgehead atoms. The van der Waals surface area contributed by atoms with E-state index in [0.29, 0.717) is 20.0 Å². The van der Waals surface area contributed by atoms with Crippen LogP contribution < -0.4 is 29.6 Å². The molecule has 0 radical (unpaired) electrons. The normalized spacial score (nSPS) is 14.9. The maximum absolute atomic E-state index is 5.79. The van der Waals surface area contributed by atoms with Crippen molar-refractivity contribution in [2.75, 3.05) is 50.4 Å². The Morgan fingerprint density at radius 1 is 0.967 bits per heavy atom. The molecule has 2 aromatic carbocycles. The van der Waals surface area contributed by atoms with Gasteiger partial charge in [0.05, 0.1) is 19.8 Å². The predicted molar refractivity (Wildman–Crippen MR) is 121 cm³/mol. The number of hydrogen-bond donors (Lipinski definition) is 2. The van der Waals surface area contributed by atoms with Crippen molar-refractivity contribution in [3.05, 3.63) is 42.0 Å². The van der Waals surface area contributed by atoms with Gasteiger partial charge in [-0.15, -0.1) is 0 Å². The van der Waals surface area contributed by atoms with Crippen molar-refractivity contribution in [3.63, 3.8) is 0 Å². The van der Waals surface area contributed by atoms with Crippen LogP contribution in [0, 0.1) is 0 Å². The summed E-state index contributed by atoms with van der Waals surface area (Å²) in [6.45, 7) is 3.13. The molecule has 2 aliphatic rings. The first-order valence-electron chi connectivity index (χ1n) is 10.1. The molecule has 2 heterocycles. The molecular weight excluding hydrogens is 402 g/mol. The Balaban J connectivity index is 1.38. The molecule has 0 fully saturated rings. The van der Waals surface area contributed by atoms with Gasteiger partial charge in [0.1, 0.15) is 0 Å². The van der Waals surface area contributed by atoms with Gasteiger partial charge in [0.25, 0.3) is 0 Å². The van der Waals surface area contributed by atoms with Gasteiger partial charge in [0.2, 0.25) is 6.79 Å². The topological polar surface area (TPSA) is 73.3 Å². The van der Waals surface area contributed by atoms with E-state index >= 15 is 0 Å². The van der Waals surface area contributed by atoms with Crippen LogP contribution >= 0.6 is 11.8 Å². The fourth-order valence-corrected chi connectivity index (χ4v) is 3.46. The largest absolute Gasteiger partial charge is 0.490 e. The lowest BCUT2D eigenvalue weighted by atomic mass is 10.1. The van der Waals surface area contributed by atoms with Crippen LogP contribution in [0.15, 0.2) is 41.4 Å². The molecule has 8 heteroatoms. The average Bonchev–Trinajstić information content (AvgIpc) is 3.10. The van der Waals surface area contributed by atoms with Crippen LogP contribution in [0.4, 0.5) is 5.69 Å². The van der Waals surface area contributed by atoms with Crippen LogP contribution in [0.5, 0.6) is 23.0 Å². The van der Waals surface area contributed by atoms with E-state index in [9.17, 15) is 0 Å². The van der Waals surface area contributed by atoms with Gasteiger partial charge in [-0.05, 0) is 42.5 Å². The second-order valence-corrected chi connectivity index (χ2v) is 7.91. The SMILES string of the molecule is CSCCN=C(NCCc1ccc2c(c1)OCO2)Nc1ccc2c(c1)OCCCO2. The molecule has 0 aliphatic carbocycles. The van der Waals surface area contributed by atoms with Gasteiger partial charge in [-0.25, -0.2) is 0 Å². The Labute approximate surface area is 181 Å². The van der Waals surface area contributed by atoms with Crippen LogP contribution in [0.1, 0.15) is 12.0 Å². The highest BCUT2D eigenvalue weighted by molar-refractivity contribution is 7.98. The first-order chi connectivity index (χ1) is 14.8. The number of nitrogens with zero attached hydrogens (tertiary/aromatic N) is 1. The highest BCUT2D eigenvalue weighted by Crippen LogP contribution is 2.33. The van der Waals surface area contributed by atoms with E-state index in [-0.39, 0.29) is 0 Å². The standard InChI is InChI=1S/C22H27N3O4S/c1-30-12-9-24-22(23-8-7-16-3-5-19-20(13-16)29-15-28-19)25-17-4-6-18-21(14-17)27-11-2-10-26-18/h3-6,13-14H,2,7-12,15H2,1H3,(H2,23,24,25). The van der Waals surface area contributed by atoms with Gasteiger partial charge < -0.3 is 29.6 Å². The van der Waals surface area contributed by atoms with Gasteiger partial charge in [0, 0.05) is 30.5 Å². The van der Waals surface area contributed by atoms with Crippen molar-refractivity contribution in [2.24, 2.45) is 4.99 Å². The van der Waals surface area contributed by atoms with E-state index in [0.717, 1.165) is 66.3 Å². The monoisotopic (exact) mass is 429 g/mol. The van der Waals surface area contributed by atoms with Crippen molar-refractivity contribution in [2.45, 2.75) is 12.8 Å². The molecule has 0 spiro atoms. The number of hydrogen-bond acceptors (Lipinski definition) is 6. The molecule has 2 N–H and O–H groups in total. The summed E-state index contributed by atoms with van der Waals surface area (Å²) < 4.78 is 22.3. The Morgan fingerprint density at radius 2 is 1.73 bits per heavy atom. The Hall–Kier alpha value is -2.74. The molecule has 2 aliphatic heterocycles. The minimum absolute atomic E-state index is 0.294. The third-order valence-corrected chi connectivity index (χ3v) is 5.31. The quantitative estimate of drug-likeness (QED) is 0.396. The Bertz CT molecular complexity index is 891. The maximum Gasteiger partial charge on any atom is 0.231 e. The highest BCUT2D eigenvalue weighted by atomic mass is 32.2. The number of anilines is 1. The molecule has 7 nitrogen and oxygen atoms in total. The molecule has 0 saturated carbocycles. The van der Waals surface area contributed by atoms with Gasteiger partial charge in [-0.3, -0.25) is 4.99 Å². The molecule has 0 aromatic heterocycles. The van der Waals surface area contributed by atoms with Crippen LogP contribution in [0.3, 0.4) is 0 Å². The number of guanidine groups is 1. The molecule has 4 rings (SSSR count). The fraction of sp³-hybridized carbons (Fsp3) is 0.409. The first-order valence-corrected chi connectivity index (χ1v) is 11.5. The van der Waals surface area contributed by atoms with Crippen molar-refractivity contribution in [1.82, 2.24) is 5.32 Å². The van der Waals surface area contributed by atoms with Crippen LogP contribution in [0.2, 0.25) is 0 Å². The maximum atomic E-state index is 5.79. The van der Waals surface area contributed by atoms with Crippen LogP contribution in [-0.2, 0) is 6.42 Å². The van der Waals surface area contributed by atoms with E-state index in [1.54, 1.807) is 11.8 Å². The molecule has 160 valence electrons. The number of benzene rings is 2. The number of ether oxygens (including phenoxy) is 4. The predicted octanol–water partition coefficient (Wildman–Crippen LogP) is 3.54. The summed E-state index contributed by atoms with van der Waals surface area (Å²) in [5.41, 5.74) is 2.10. The lowest BCUT2D eigenvalue weighted by Crippen LogP contribution is -2.32. The zero-order valence-electron chi connectivity index (χ0n) is 17.1. The van der Waals surface area contributed by atoms with Crippen molar-refractivity contribution in [1.29, 1.82) is 0 Å². The second kappa shape index (κ2) is 10.3. The number of aliphatic imine (C=N–C) groups is 1. The van der Waals surface area contributed by atoms with Crippen LogP contribution in [-0.4, -0.2) is 51.1 Å². The smallest absolute Gasteiger partial charge is 0.231 e. The summed E-state index contributed by atoms with van der Waals surface area (Å²) in [4.78, 5) is 4.69. The summed E-state index contributed by atoms with van der Waals surface area (Å²) in [6.07, 6.45) is 3.82. The first kappa shape index (κ1) is 20.5. The number of rotatable bonds is 7. The molecule has 2 aromatic rings. The van der Waals surface area contributed by atoms with E-state index in [1.807, 2.05) is 30.3 Å². The lowest BCUT2D eigenvalue weighted by Gasteiger charge is -2.15. The van der Waals surface area contributed by atoms with Gasteiger partial charge in [-0.2, -0.15) is 11.8 Å². The van der Waals surface area contributed by atoms with E-state index < -0.39 is 0 Å². The van der Waals surface area contributed by atoms with Crippen molar-refractivity contribution in [3.8, 4) is 23.0 Å². The molecule has 0 amide bonds. The van der Waals surface area contributed by atoms with E-state index in [1.165, 1.54) is 5.56 Å². The van der Waals surface area contributed by atoms with Crippen molar-refractivity contribution >= 4 is 23.4 Å². The van der Waals surface area contributed by atoms with Gasteiger partial charge in [-0.1, -0.05) is 6.07 Å². The minimum atomic E-state index is 0.294. The summed E-state index contributed by atoms with van der Waals surface area (Å²) in [7, 11) is 0. The zero-order chi connectivity index (χ0) is 20.6. The molecular formula is C22H27N3O4S. The highest BCUT2D eigenvalue weighted by Gasteiger charge is 2.14. The molecule has 30 heavy (non-hydrogen) atoms. The van der Waals surface area contributed by atoms with Gasteiger partial charge >= 0.3 is 0 Å². The summed E-state index contributed by atoms with van der Waals surface area (Å²) in [5.74, 6) is 4.89. The third kappa shape index (κ3) is 5.44. The van der Waals surface area contributed by atoms with Crippen molar-refractivity contribution < 1.29 is 18.9 Å². The average molecular weight is 430 g/mol. The number of thioether (sulfide) groups is 1. The molecule has 0 unspecified atom stereocenters. The fourth-order valence-electron chi connectivity index (χ4n) is 3.19. The zero-order valence-corrected chi connectivity index (χ0v) is 17.9. The van der Waals surface area contributed by atoms with Crippen LogP contribution in [0.25, 0.3) is 0 Å². The minimum Gasteiger partial charge on any atom is -0.490 e. The van der Waals surface area contributed by atoms with Gasteiger partial charge in [0.15, 0.2) is 29.0 Å². The van der Waals surface area contributed by atoms with E-state index in [2.05, 4.69) is 27.9 Å². The Morgan fingerprint density at radius 3 is 2.63 bits per heavy atom. The lowest BCUT2D eigenvalue weighted by molar-refractivity contribution is 0.174. The number of fused-ring (bicyclic) bond motifs is 2. The Kier molecular flexibility index (Phi) is 7.07. The second-order valence-electron chi connectivity index (χ2n) is 6.92.